The molecule has 3 heterocycles. The van der Waals surface area contributed by atoms with E-state index in [2.05, 4.69) is 5.32 Å². The fourth-order valence-corrected chi connectivity index (χ4v) is 6.82. The summed E-state index contributed by atoms with van der Waals surface area (Å²) >= 11 is 0. The first-order chi connectivity index (χ1) is 19.9. The van der Waals surface area contributed by atoms with Crippen LogP contribution in [0.1, 0.15) is 31.8 Å². The van der Waals surface area contributed by atoms with Gasteiger partial charge in [0.2, 0.25) is 5.91 Å². The van der Waals surface area contributed by atoms with Crippen molar-refractivity contribution in [3.05, 3.63) is 142 Å². The number of benzene rings is 4. The van der Waals surface area contributed by atoms with Crippen LogP contribution in [0.15, 0.2) is 109 Å². The van der Waals surface area contributed by atoms with Crippen LogP contribution in [0.5, 0.6) is 0 Å². The molecule has 0 saturated carbocycles. The third-order valence-corrected chi connectivity index (χ3v) is 8.51. The van der Waals surface area contributed by atoms with Gasteiger partial charge in [0.15, 0.2) is 11.6 Å². The van der Waals surface area contributed by atoms with E-state index in [0.717, 1.165) is 11.3 Å². The van der Waals surface area contributed by atoms with Crippen molar-refractivity contribution < 1.29 is 19.3 Å². The number of amides is 1. The van der Waals surface area contributed by atoms with Crippen LogP contribution in [0.3, 0.4) is 0 Å². The molecule has 4 aromatic rings. The zero-order valence-electron chi connectivity index (χ0n) is 21.6. The van der Waals surface area contributed by atoms with Crippen molar-refractivity contribution in [2.75, 3.05) is 10.2 Å². The highest BCUT2D eigenvalue weighted by Crippen LogP contribution is 2.58. The highest BCUT2D eigenvalue weighted by atomic mass is 16.6. The number of anilines is 2. The number of ketones is 2. The van der Waals surface area contributed by atoms with Crippen LogP contribution in [0, 0.1) is 16.0 Å². The third kappa shape index (κ3) is 3.43. The van der Waals surface area contributed by atoms with Gasteiger partial charge in [-0.3, -0.25) is 24.5 Å². The second-order valence-corrected chi connectivity index (χ2v) is 10.5. The summed E-state index contributed by atoms with van der Waals surface area (Å²) in [6, 6.07) is 27.3. The van der Waals surface area contributed by atoms with Crippen LogP contribution in [0.4, 0.5) is 17.1 Å². The van der Waals surface area contributed by atoms with Crippen molar-refractivity contribution in [1.82, 2.24) is 0 Å². The number of fused-ring (bicyclic) bond motifs is 6. The Hall–Kier alpha value is -5.37. The normalized spacial score (nSPS) is 23.5. The average Bonchev–Trinajstić information content (AvgIpc) is 3.49. The lowest BCUT2D eigenvalue weighted by molar-refractivity contribution is -0.384. The standard InChI is InChI=1S/C33H23N3O5/c37-30(21-9-2-1-3-10-21)28-29(31(38)22-14-17-23(18-15-22)36(40)41)35-26-13-7-4-8-20(26)16-19-27(35)33(28)24-11-5-6-12-25(24)34-32(33)39/h1-19,27-29H,(H,34,39). The van der Waals surface area contributed by atoms with Gasteiger partial charge in [0.1, 0.15) is 11.5 Å². The molecule has 8 heteroatoms. The lowest BCUT2D eigenvalue weighted by Gasteiger charge is -2.37. The molecule has 7 rings (SSSR count). The van der Waals surface area contributed by atoms with Gasteiger partial charge in [-0.1, -0.05) is 78.9 Å². The summed E-state index contributed by atoms with van der Waals surface area (Å²) in [6.07, 6.45) is 3.85. The number of Topliss-reactive ketones (excluding diaryl/α,β-unsaturated/α-hetero) is 2. The number of hydrogen-bond acceptors (Lipinski definition) is 6. The number of hydrogen-bond donors (Lipinski definition) is 1. The SMILES string of the molecule is O=C(c1ccc([N+](=O)[O-])cc1)C1C(C(=O)c2ccccc2)C2(C(=O)Nc3ccccc32)C2C=Cc3ccccc3N12. The molecule has 1 spiro atoms. The third-order valence-electron chi connectivity index (χ3n) is 8.51. The monoisotopic (exact) mass is 541 g/mol. The van der Waals surface area contributed by atoms with E-state index in [1.807, 2.05) is 65.6 Å². The lowest BCUT2D eigenvalue weighted by Crippen LogP contribution is -2.51. The number of carbonyl (C=O) groups excluding carboxylic acids is 3. The first kappa shape index (κ1) is 24.7. The molecule has 1 N–H and O–H groups in total. The van der Waals surface area contributed by atoms with Crippen molar-refractivity contribution in [3.8, 4) is 0 Å². The van der Waals surface area contributed by atoms with E-state index in [1.165, 1.54) is 24.3 Å². The van der Waals surface area contributed by atoms with Gasteiger partial charge < -0.3 is 10.2 Å². The first-order valence-electron chi connectivity index (χ1n) is 13.3. The van der Waals surface area contributed by atoms with Crippen LogP contribution in [-0.4, -0.2) is 34.5 Å². The number of non-ortho nitro benzene ring substituents is 1. The highest BCUT2D eigenvalue weighted by Gasteiger charge is 2.70. The van der Waals surface area contributed by atoms with Gasteiger partial charge in [-0.05, 0) is 35.4 Å². The van der Waals surface area contributed by atoms with E-state index >= 15 is 0 Å². The molecule has 4 unspecified atom stereocenters. The van der Waals surface area contributed by atoms with Crippen molar-refractivity contribution in [2.24, 2.45) is 5.92 Å². The molecule has 4 aromatic carbocycles. The van der Waals surface area contributed by atoms with Gasteiger partial charge >= 0.3 is 0 Å². The second-order valence-electron chi connectivity index (χ2n) is 10.5. The molecule has 0 aromatic heterocycles. The lowest BCUT2D eigenvalue weighted by atomic mass is 9.64. The van der Waals surface area contributed by atoms with E-state index in [-0.39, 0.29) is 22.9 Å². The van der Waals surface area contributed by atoms with Crippen molar-refractivity contribution in [3.63, 3.8) is 0 Å². The molecule has 8 nitrogen and oxygen atoms in total. The molecule has 3 aliphatic rings. The van der Waals surface area contributed by atoms with E-state index < -0.39 is 34.1 Å². The first-order valence-corrected chi connectivity index (χ1v) is 13.3. The molecule has 1 saturated heterocycles. The summed E-state index contributed by atoms with van der Waals surface area (Å²) in [5.41, 5.74) is 1.94. The number of nitro groups is 1. The summed E-state index contributed by atoms with van der Waals surface area (Å²) < 4.78 is 0. The zero-order chi connectivity index (χ0) is 28.3. The number of carbonyl (C=O) groups is 3. The van der Waals surface area contributed by atoms with Crippen LogP contribution >= 0.6 is 0 Å². The van der Waals surface area contributed by atoms with Gasteiger partial charge in [-0.15, -0.1) is 0 Å². The van der Waals surface area contributed by atoms with Gasteiger partial charge in [0.25, 0.3) is 5.69 Å². The highest BCUT2D eigenvalue weighted by molar-refractivity contribution is 6.18. The molecule has 1 amide bonds. The van der Waals surface area contributed by atoms with Crippen molar-refractivity contribution >= 4 is 40.6 Å². The molecule has 3 aliphatic heterocycles. The van der Waals surface area contributed by atoms with Crippen molar-refractivity contribution in [1.29, 1.82) is 0 Å². The Labute approximate surface area is 235 Å². The maximum Gasteiger partial charge on any atom is 0.269 e. The number of rotatable bonds is 5. The van der Waals surface area contributed by atoms with Gasteiger partial charge in [-0.25, -0.2) is 0 Å². The summed E-state index contributed by atoms with van der Waals surface area (Å²) in [7, 11) is 0. The Morgan fingerprint density at radius 2 is 1.46 bits per heavy atom. The fraction of sp³-hybridized carbons (Fsp3) is 0.121. The average molecular weight is 542 g/mol. The Bertz CT molecular complexity index is 1780. The van der Waals surface area contributed by atoms with E-state index in [4.69, 9.17) is 0 Å². The van der Waals surface area contributed by atoms with Crippen LogP contribution < -0.4 is 10.2 Å². The summed E-state index contributed by atoms with van der Waals surface area (Å²) in [5.74, 6) is -2.15. The molecule has 200 valence electrons. The molecule has 0 aliphatic carbocycles. The minimum atomic E-state index is -1.41. The van der Waals surface area contributed by atoms with Gasteiger partial charge in [0, 0.05) is 34.6 Å². The molecule has 1 fully saturated rings. The molecule has 4 atom stereocenters. The number of nitrogens with zero attached hydrogens (tertiary/aromatic N) is 2. The topological polar surface area (TPSA) is 110 Å². The minimum Gasteiger partial charge on any atom is -0.352 e. The maximum absolute atomic E-state index is 14.6. The van der Waals surface area contributed by atoms with Crippen LogP contribution in [0.2, 0.25) is 0 Å². The second kappa shape index (κ2) is 9.09. The minimum absolute atomic E-state index is 0.144. The fourth-order valence-electron chi connectivity index (χ4n) is 6.82. The Balaban J connectivity index is 1.51. The quantitative estimate of drug-likeness (QED) is 0.204. The Morgan fingerprint density at radius 3 is 2.22 bits per heavy atom. The van der Waals surface area contributed by atoms with Crippen LogP contribution in [-0.2, 0) is 10.2 Å². The summed E-state index contributed by atoms with van der Waals surface area (Å²) in [5, 5.41) is 14.3. The van der Waals surface area contributed by atoms with E-state index in [9.17, 15) is 24.5 Å². The molecule has 41 heavy (non-hydrogen) atoms. The molecular weight excluding hydrogens is 518 g/mol. The van der Waals surface area contributed by atoms with Crippen molar-refractivity contribution in [2.45, 2.75) is 17.5 Å². The predicted molar refractivity (Wildman–Crippen MR) is 154 cm³/mol. The smallest absolute Gasteiger partial charge is 0.269 e. The van der Waals surface area contributed by atoms with Gasteiger partial charge in [-0.2, -0.15) is 0 Å². The largest absolute Gasteiger partial charge is 0.352 e. The molecule has 0 bridgehead atoms. The van der Waals surface area contributed by atoms with E-state index in [0.29, 0.717) is 16.8 Å². The van der Waals surface area contributed by atoms with Gasteiger partial charge in [0.05, 0.1) is 16.9 Å². The molecule has 0 radical (unpaired) electrons. The van der Waals surface area contributed by atoms with Crippen LogP contribution in [0.25, 0.3) is 6.08 Å². The maximum atomic E-state index is 14.6. The Kier molecular flexibility index (Phi) is 5.47. The predicted octanol–water partition coefficient (Wildman–Crippen LogP) is 5.45. The zero-order valence-corrected chi connectivity index (χ0v) is 21.6. The Morgan fingerprint density at radius 1 is 0.805 bits per heavy atom. The number of nitrogens with one attached hydrogen (secondary N) is 1. The molecular formula is C33H23N3O5. The number of nitro benzene ring substituents is 1. The summed E-state index contributed by atoms with van der Waals surface area (Å²) in [4.78, 5) is 56.2. The number of para-hydroxylation sites is 2. The summed E-state index contributed by atoms with van der Waals surface area (Å²) in [6.45, 7) is 0. The van der Waals surface area contributed by atoms with E-state index in [1.54, 1.807) is 30.3 Å².